The summed E-state index contributed by atoms with van der Waals surface area (Å²) in [6, 6.07) is 6.82. The molecular formula is C13H17NO2. The van der Waals surface area contributed by atoms with E-state index in [1.54, 1.807) is 25.2 Å². The van der Waals surface area contributed by atoms with Crippen LogP contribution < -0.4 is 0 Å². The van der Waals surface area contributed by atoms with E-state index in [1.165, 1.54) is 0 Å². The lowest BCUT2D eigenvalue weighted by atomic mass is 10.1. The van der Waals surface area contributed by atoms with E-state index in [9.17, 15) is 10.3 Å². The van der Waals surface area contributed by atoms with Gasteiger partial charge in [0.1, 0.15) is 12.3 Å². The highest BCUT2D eigenvalue weighted by atomic mass is 16.5. The molecule has 0 aliphatic rings. The topological polar surface area (TPSA) is 43.3 Å². The SMILES string of the molecule is C#CC[N+](C)([O-])[C@H](C)Cc1cccc(O)c1. The summed E-state index contributed by atoms with van der Waals surface area (Å²) in [6.07, 6.45) is 5.77. The van der Waals surface area contributed by atoms with Crippen molar-refractivity contribution < 1.29 is 9.75 Å². The standard InChI is InChI=1S/C13H17NO2/c1-4-8-14(3,16)11(2)9-12-6-5-7-13(15)10-12/h1,5-7,10-11,15H,8-9H2,2-3H3/t11-,14?/m1/s1. The minimum Gasteiger partial charge on any atom is -0.632 e. The van der Waals surface area contributed by atoms with Crippen LogP contribution in [0.15, 0.2) is 24.3 Å². The van der Waals surface area contributed by atoms with Gasteiger partial charge in [-0.1, -0.05) is 12.1 Å². The number of hydroxylamine groups is 3. The van der Waals surface area contributed by atoms with E-state index >= 15 is 0 Å². The van der Waals surface area contributed by atoms with Crippen LogP contribution in [0.4, 0.5) is 0 Å². The molecule has 0 aliphatic heterocycles. The Balaban J connectivity index is 2.71. The molecule has 1 N–H and O–H groups in total. The zero-order chi connectivity index (χ0) is 12.2. The van der Waals surface area contributed by atoms with Gasteiger partial charge in [0, 0.05) is 6.42 Å². The van der Waals surface area contributed by atoms with Gasteiger partial charge in [-0.05, 0) is 30.5 Å². The van der Waals surface area contributed by atoms with Gasteiger partial charge in [-0.15, -0.1) is 6.42 Å². The Hall–Kier alpha value is -1.50. The summed E-state index contributed by atoms with van der Waals surface area (Å²) in [4.78, 5) is 0. The van der Waals surface area contributed by atoms with Gasteiger partial charge in [0.2, 0.25) is 0 Å². The molecule has 0 saturated heterocycles. The first-order valence-corrected chi connectivity index (χ1v) is 5.23. The monoisotopic (exact) mass is 219 g/mol. The fourth-order valence-electron chi connectivity index (χ4n) is 1.55. The Morgan fingerprint density at radius 2 is 2.25 bits per heavy atom. The number of phenolic OH excluding ortho intramolecular Hbond substituents is 1. The summed E-state index contributed by atoms with van der Waals surface area (Å²) in [6.45, 7) is 2.04. The Morgan fingerprint density at radius 1 is 1.56 bits per heavy atom. The number of rotatable bonds is 4. The molecule has 3 heteroatoms. The number of likely N-dealkylation sites (N-methyl/N-ethyl adjacent to an activating group) is 1. The number of benzene rings is 1. The third-order valence-corrected chi connectivity index (χ3v) is 2.78. The largest absolute Gasteiger partial charge is 0.632 e. The summed E-state index contributed by atoms with van der Waals surface area (Å²) < 4.78 is -0.452. The zero-order valence-corrected chi connectivity index (χ0v) is 9.68. The highest BCUT2D eigenvalue weighted by Gasteiger charge is 2.19. The van der Waals surface area contributed by atoms with Crippen molar-refractivity contribution in [1.82, 2.24) is 0 Å². The van der Waals surface area contributed by atoms with Crippen LogP contribution in [0.5, 0.6) is 5.75 Å². The summed E-state index contributed by atoms with van der Waals surface area (Å²) in [7, 11) is 1.58. The van der Waals surface area contributed by atoms with Gasteiger partial charge in [-0.25, -0.2) is 0 Å². The van der Waals surface area contributed by atoms with E-state index in [0.29, 0.717) is 6.42 Å². The molecule has 2 atom stereocenters. The molecule has 0 saturated carbocycles. The normalized spacial score (nSPS) is 16.1. The fraction of sp³-hybridized carbons (Fsp3) is 0.385. The minimum absolute atomic E-state index is 0.127. The molecule has 0 radical (unpaired) electrons. The lowest BCUT2D eigenvalue weighted by Gasteiger charge is -2.42. The smallest absolute Gasteiger partial charge is 0.140 e. The van der Waals surface area contributed by atoms with Crippen LogP contribution in [0.1, 0.15) is 12.5 Å². The number of phenols is 1. The molecule has 0 aromatic heterocycles. The molecule has 0 amide bonds. The summed E-state index contributed by atoms with van der Waals surface area (Å²) in [5.74, 6) is 2.62. The van der Waals surface area contributed by atoms with Gasteiger partial charge in [-0.3, -0.25) is 0 Å². The number of hydrogen-bond donors (Lipinski definition) is 1. The van der Waals surface area contributed by atoms with Crippen molar-refractivity contribution in [2.45, 2.75) is 19.4 Å². The van der Waals surface area contributed by atoms with Crippen molar-refractivity contribution in [3.05, 3.63) is 35.0 Å². The number of terminal acetylenes is 1. The number of hydrogen-bond acceptors (Lipinski definition) is 2. The molecule has 1 unspecified atom stereocenters. The molecule has 0 bridgehead atoms. The van der Waals surface area contributed by atoms with Crippen molar-refractivity contribution in [1.29, 1.82) is 0 Å². The molecule has 0 aliphatic carbocycles. The van der Waals surface area contributed by atoms with E-state index in [4.69, 9.17) is 6.42 Å². The minimum atomic E-state index is -0.452. The molecular weight excluding hydrogens is 202 g/mol. The lowest BCUT2D eigenvalue weighted by Crippen LogP contribution is -2.46. The lowest BCUT2D eigenvalue weighted by molar-refractivity contribution is -0.877. The van der Waals surface area contributed by atoms with Crippen molar-refractivity contribution in [3.8, 4) is 18.1 Å². The van der Waals surface area contributed by atoms with Crippen LogP contribution in [0, 0.1) is 17.6 Å². The molecule has 0 fully saturated rings. The summed E-state index contributed by atoms with van der Waals surface area (Å²) in [5, 5.41) is 21.3. The summed E-state index contributed by atoms with van der Waals surface area (Å²) >= 11 is 0. The van der Waals surface area contributed by atoms with E-state index in [2.05, 4.69) is 5.92 Å². The Kier molecular flexibility index (Phi) is 3.94. The molecule has 1 aromatic rings. The van der Waals surface area contributed by atoms with Gasteiger partial charge >= 0.3 is 0 Å². The van der Waals surface area contributed by atoms with Gasteiger partial charge in [-0.2, -0.15) is 0 Å². The average molecular weight is 219 g/mol. The second-order valence-corrected chi connectivity index (χ2v) is 4.26. The van der Waals surface area contributed by atoms with Crippen LogP contribution in [0.3, 0.4) is 0 Å². The fourth-order valence-corrected chi connectivity index (χ4v) is 1.55. The van der Waals surface area contributed by atoms with E-state index in [-0.39, 0.29) is 18.3 Å². The maximum absolute atomic E-state index is 12.0. The second-order valence-electron chi connectivity index (χ2n) is 4.26. The molecule has 3 nitrogen and oxygen atoms in total. The van der Waals surface area contributed by atoms with Crippen LogP contribution in [0.2, 0.25) is 0 Å². The Labute approximate surface area is 96.5 Å². The number of nitrogens with zero attached hydrogens (tertiary/aromatic N) is 1. The second kappa shape index (κ2) is 5.02. The van der Waals surface area contributed by atoms with Crippen molar-refractivity contribution >= 4 is 0 Å². The molecule has 16 heavy (non-hydrogen) atoms. The quantitative estimate of drug-likeness (QED) is 0.477. The molecule has 1 rings (SSSR count). The predicted octanol–water partition coefficient (Wildman–Crippen LogP) is 1.90. The van der Waals surface area contributed by atoms with Gasteiger partial charge in [0.05, 0.1) is 13.1 Å². The third-order valence-electron chi connectivity index (χ3n) is 2.78. The van der Waals surface area contributed by atoms with Crippen LogP contribution in [-0.2, 0) is 6.42 Å². The number of quaternary nitrogens is 1. The summed E-state index contributed by atoms with van der Waals surface area (Å²) in [5.41, 5.74) is 0.949. The van der Waals surface area contributed by atoms with Gasteiger partial charge in [0.25, 0.3) is 0 Å². The zero-order valence-electron chi connectivity index (χ0n) is 9.68. The van der Waals surface area contributed by atoms with E-state index in [1.807, 2.05) is 13.0 Å². The average Bonchev–Trinajstić information content (AvgIpc) is 2.17. The molecule has 0 heterocycles. The maximum Gasteiger partial charge on any atom is 0.140 e. The van der Waals surface area contributed by atoms with E-state index < -0.39 is 4.65 Å². The molecule has 1 aromatic carbocycles. The first-order valence-electron chi connectivity index (χ1n) is 5.23. The van der Waals surface area contributed by atoms with Crippen molar-refractivity contribution in [2.75, 3.05) is 13.6 Å². The highest BCUT2D eigenvalue weighted by molar-refractivity contribution is 5.27. The van der Waals surface area contributed by atoms with Gasteiger partial charge in [0.15, 0.2) is 0 Å². The van der Waals surface area contributed by atoms with Crippen molar-refractivity contribution in [3.63, 3.8) is 0 Å². The van der Waals surface area contributed by atoms with Crippen molar-refractivity contribution in [2.24, 2.45) is 0 Å². The van der Waals surface area contributed by atoms with E-state index in [0.717, 1.165) is 5.56 Å². The molecule has 86 valence electrons. The Morgan fingerprint density at radius 3 is 2.81 bits per heavy atom. The first kappa shape index (κ1) is 12.6. The van der Waals surface area contributed by atoms with Crippen LogP contribution >= 0.6 is 0 Å². The molecule has 0 spiro atoms. The third kappa shape index (κ3) is 3.27. The maximum atomic E-state index is 12.0. The van der Waals surface area contributed by atoms with Gasteiger partial charge < -0.3 is 15.0 Å². The number of aromatic hydroxyl groups is 1. The Bertz CT molecular complexity index is 393. The van der Waals surface area contributed by atoms with Crippen LogP contribution in [-0.4, -0.2) is 29.4 Å². The highest BCUT2D eigenvalue weighted by Crippen LogP contribution is 2.17. The first-order chi connectivity index (χ1) is 7.45. The predicted molar refractivity (Wildman–Crippen MR) is 64.5 cm³/mol. The van der Waals surface area contributed by atoms with Crippen LogP contribution in [0.25, 0.3) is 0 Å².